The van der Waals surface area contributed by atoms with Crippen LogP contribution in [0.2, 0.25) is 0 Å². The topological polar surface area (TPSA) is 72.9 Å². The molecule has 24 heavy (non-hydrogen) atoms. The molecule has 0 atom stereocenters. The van der Waals surface area contributed by atoms with Gasteiger partial charge in [0, 0.05) is 12.8 Å². The number of carbonyl (C=O) groups is 1. The van der Waals surface area contributed by atoms with Crippen LogP contribution in [0.25, 0.3) is 11.4 Å². The van der Waals surface area contributed by atoms with Crippen molar-refractivity contribution in [2.75, 3.05) is 40.3 Å². The van der Waals surface area contributed by atoms with Gasteiger partial charge in [-0.15, -0.1) is 0 Å². The normalized spacial score (nSPS) is 15.5. The van der Waals surface area contributed by atoms with Crippen molar-refractivity contribution in [2.45, 2.75) is 12.8 Å². The minimum Gasteiger partial charge on any atom is -0.496 e. The maximum atomic E-state index is 12.3. The molecule has 1 aromatic heterocycles. The fraction of sp³-hybridized carbons (Fsp3) is 0.471. The molecular formula is C17H23N4O3+. The van der Waals surface area contributed by atoms with Crippen LogP contribution in [0.15, 0.2) is 28.8 Å². The first-order chi connectivity index (χ1) is 11.7. The second-order valence-corrected chi connectivity index (χ2v) is 6.05. The number of hydrogen-bond donors (Lipinski definition) is 1. The number of benzene rings is 1. The number of aryl methyl sites for hydroxylation is 1. The molecule has 0 unspecified atom stereocenters. The van der Waals surface area contributed by atoms with E-state index < -0.39 is 0 Å². The second-order valence-electron chi connectivity index (χ2n) is 6.05. The number of para-hydroxylation sites is 1. The van der Waals surface area contributed by atoms with Crippen LogP contribution in [-0.2, 0) is 11.2 Å². The number of aromatic nitrogens is 2. The molecule has 0 saturated carbocycles. The van der Waals surface area contributed by atoms with Crippen LogP contribution in [0.3, 0.4) is 0 Å². The van der Waals surface area contributed by atoms with E-state index in [4.69, 9.17) is 9.26 Å². The van der Waals surface area contributed by atoms with Crippen LogP contribution < -0.4 is 9.64 Å². The van der Waals surface area contributed by atoms with Crippen molar-refractivity contribution < 1.29 is 19.0 Å². The lowest BCUT2D eigenvalue weighted by molar-refractivity contribution is -0.883. The number of ether oxygens (including phenoxy) is 1. The van der Waals surface area contributed by atoms with Crippen molar-refractivity contribution in [1.29, 1.82) is 0 Å². The lowest BCUT2D eigenvalue weighted by atomic mass is 10.2. The van der Waals surface area contributed by atoms with Crippen molar-refractivity contribution in [2.24, 2.45) is 0 Å². The molecule has 0 radical (unpaired) electrons. The molecule has 7 heteroatoms. The van der Waals surface area contributed by atoms with E-state index in [9.17, 15) is 4.79 Å². The predicted molar refractivity (Wildman–Crippen MR) is 87.8 cm³/mol. The van der Waals surface area contributed by atoms with E-state index in [1.807, 2.05) is 29.2 Å². The summed E-state index contributed by atoms with van der Waals surface area (Å²) in [4.78, 5) is 20.0. The molecule has 1 N–H and O–H groups in total. The average Bonchev–Trinajstić information content (AvgIpc) is 3.09. The summed E-state index contributed by atoms with van der Waals surface area (Å²) in [6, 6.07) is 7.52. The summed E-state index contributed by atoms with van der Waals surface area (Å²) in [6.45, 7) is 3.65. The third kappa shape index (κ3) is 3.73. The van der Waals surface area contributed by atoms with Gasteiger partial charge >= 0.3 is 0 Å². The van der Waals surface area contributed by atoms with E-state index in [2.05, 4.69) is 17.2 Å². The number of piperazine rings is 1. The summed E-state index contributed by atoms with van der Waals surface area (Å²) in [7, 11) is 3.76. The van der Waals surface area contributed by atoms with Gasteiger partial charge in [0.1, 0.15) is 5.75 Å². The molecule has 0 aliphatic carbocycles. The molecule has 2 heterocycles. The van der Waals surface area contributed by atoms with Gasteiger partial charge in [0.05, 0.1) is 45.9 Å². The molecule has 1 amide bonds. The highest BCUT2D eigenvalue weighted by Gasteiger charge is 2.22. The zero-order chi connectivity index (χ0) is 16.9. The molecule has 1 aromatic carbocycles. The number of carbonyl (C=O) groups excluding carboxylic acids is 1. The molecule has 1 fully saturated rings. The Hall–Kier alpha value is -2.41. The first-order valence-corrected chi connectivity index (χ1v) is 8.22. The number of hydrogen-bond acceptors (Lipinski definition) is 5. The van der Waals surface area contributed by atoms with Gasteiger partial charge in [-0.3, -0.25) is 4.79 Å². The van der Waals surface area contributed by atoms with E-state index in [-0.39, 0.29) is 5.91 Å². The fourth-order valence-corrected chi connectivity index (χ4v) is 2.81. The van der Waals surface area contributed by atoms with E-state index in [0.717, 1.165) is 31.7 Å². The van der Waals surface area contributed by atoms with E-state index in [1.165, 1.54) is 4.90 Å². The molecule has 1 aliphatic rings. The van der Waals surface area contributed by atoms with Gasteiger partial charge in [0.15, 0.2) is 0 Å². The maximum Gasteiger partial charge on any atom is 0.227 e. The predicted octanol–water partition coefficient (Wildman–Crippen LogP) is 0.0347. The van der Waals surface area contributed by atoms with Crippen molar-refractivity contribution in [1.82, 2.24) is 15.0 Å². The summed E-state index contributed by atoms with van der Waals surface area (Å²) in [6.07, 6.45) is 0.854. The Kier molecular flexibility index (Phi) is 5.10. The summed E-state index contributed by atoms with van der Waals surface area (Å²) < 4.78 is 10.6. The number of likely N-dealkylation sites (N-methyl/N-ethyl adjacent to an activating group) is 1. The minimum absolute atomic E-state index is 0.152. The molecule has 3 rings (SSSR count). The van der Waals surface area contributed by atoms with Crippen LogP contribution in [0.1, 0.15) is 12.3 Å². The highest BCUT2D eigenvalue weighted by Crippen LogP contribution is 2.27. The fourth-order valence-electron chi connectivity index (χ4n) is 2.81. The van der Waals surface area contributed by atoms with Gasteiger partial charge in [0.25, 0.3) is 0 Å². The lowest BCUT2D eigenvalue weighted by Gasteiger charge is -2.30. The molecular weight excluding hydrogens is 308 g/mol. The van der Waals surface area contributed by atoms with Crippen molar-refractivity contribution in [3.8, 4) is 17.1 Å². The van der Waals surface area contributed by atoms with Crippen molar-refractivity contribution in [3.63, 3.8) is 0 Å². The van der Waals surface area contributed by atoms with Gasteiger partial charge in [-0.25, -0.2) is 0 Å². The standard InChI is InChI=1S/C17H22N4O3/c1-20-9-11-21(12-10-20)16(22)8-7-15-18-17(19-24-15)13-5-3-4-6-14(13)23-2/h3-6H,7-12H2,1-2H3/p+1. The van der Waals surface area contributed by atoms with Crippen LogP contribution in [0.4, 0.5) is 0 Å². The quantitative estimate of drug-likeness (QED) is 0.837. The molecule has 1 saturated heterocycles. The van der Waals surface area contributed by atoms with Gasteiger partial charge in [0.2, 0.25) is 17.6 Å². The van der Waals surface area contributed by atoms with Gasteiger partial charge < -0.3 is 19.1 Å². The van der Waals surface area contributed by atoms with E-state index in [0.29, 0.717) is 30.3 Å². The minimum atomic E-state index is 0.152. The molecule has 1 aliphatic heterocycles. The molecule has 0 spiro atoms. The zero-order valence-electron chi connectivity index (χ0n) is 14.1. The maximum absolute atomic E-state index is 12.3. The highest BCUT2D eigenvalue weighted by molar-refractivity contribution is 5.76. The first kappa shape index (κ1) is 16.4. The Labute approximate surface area is 141 Å². The largest absolute Gasteiger partial charge is 0.496 e. The number of quaternary nitrogens is 1. The van der Waals surface area contributed by atoms with Crippen LogP contribution in [0, 0.1) is 0 Å². The number of rotatable bonds is 5. The number of nitrogens with one attached hydrogen (secondary N) is 1. The highest BCUT2D eigenvalue weighted by atomic mass is 16.5. The molecule has 0 bridgehead atoms. The van der Waals surface area contributed by atoms with Crippen LogP contribution >= 0.6 is 0 Å². The Balaban J connectivity index is 1.59. The Morgan fingerprint density at radius 2 is 2.08 bits per heavy atom. The summed E-state index contributed by atoms with van der Waals surface area (Å²) in [5, 5.41) is 4.00. The monoisotopic (exact) mass is 331 g/mol. The first-order valence-electron chi connectivity index (χ1n) is 8.22. The Morgan fingerprint density at radius 3 is 2.83 bits per heavy atom. The van der Waals surface area contributed by atoms with Gasteiger partial charge in [-0.1, -0.05) is 17.3 Å². The Bertz CT molecular complexity index is 693. The summed E-state index contributed by atoms with van der Waals surface area (Å²) >= 11 is 0. The molecule has 7 nitrogen and oxygen atoms in total. The summed E-state index contributed by atoms with van der Waals surface area (Å²) in [5.74, 6) is 1.81. The van der Waals surface area contributed by atoms with E-state index >= 15 is 0 Å². The third-order valence-electron chi connectivity index (χ3n) is 4.34. The van der Waals surface area contributed by atoms with E-state index in [1.54, 1.807) is 7.11 Å². The van der Waals surface area contributed by atoms with Crippen LogP contribution in [-0.4, -0.2) is 61.3 Å². The molecule has 2 aromatic rings. The van der Waals surface area contributed by atoms with Crippen molar-refractivity contribution in [3.05, 3.63) is 30.2 Å². The number of methoxy groups -OCH3 is 1. The van der Waals surface area contributed by atoms with Gasteiger partial charge in [-0.2, -0.15) is 4.98 Å². The second kappa shape index (κ2) is 7.44. The van der Waals surface area contributed by atoms with Crippen molar-refractivity contribution >= 4 is 5.91 Å². The lowest BCUT2D eigenvalue weighted by Crippen LogP contribution is -3.12. The summed E-state index contributed by atoms with van der Waals surface area (Å²) in [5.41, 5.74) is 0.781. The Morgan fingerprint density at radius 1 is 1.33 bits per heavy atom. The average molecular weight is 331 g/mol. The smallest absolute Gasteiger partial charge is 0.227 e. The molecule has 128 valence electrons. The SMILES string of the molecule is COc1ccccc1-c1noc(CCC(=O)N2CC[NH+](C)CC2)n1. The zero-order valence-corrected chi connectivity index (χ0v) is 14.1. The van der Waals surface area contributed by atoms with Gasteiger partial charge in [-0.05, 0) is 12.1 Å². The number of nitrogens with zero attached hydrogens (tertiary/aromatic N) is 3. The number of amides is 1. The van der Waals surface area contributed by atoms with Crippen LogP contribution in [0.5, 0.6) is 5.75 Å². The third-order valence-corrected chi connectivity index (χ3v) is 4.34.